The average molecular weight is 188 g/mol. The van der Waals surface area contributed by atoms with Crippen LogP contribution < -0.4 is 0 Å². The minimum absolute atomic E-state index is 0.868. The lowest BCUT2D eigenvalue weighted by Gasteiger charge is -1.97. The number of hydrogen-bond donors (Lipinski definition) is 0. The molecular formula is C11H12N2O. The Hall–Kier alpha value is -1.64. The van der Waals surface area contributed by atoms with Crippen molar-refractivity contribution >= 4 is 0 Å². The molecule has 72 valence electrons. The van der Waals surface area contributed by atoms with E-state index in [-0.39, 0.29) is 0 Å². The summed E-state index contributed by atoms with van der Waals surface area (Å²) in [6.07, 6.45) is 5.53. The van der Waals surface area contributed by atoms with Crippen molar-refractivity contribution in [3.8, 4) is 11.4 Å². The maximum Gasteiger partial charge on any atom is 0.135 e. The third-order valence-electron chi connectivity index (χ3n) is 2.07. The first-order valence-electron chi connectivity index (χ1n) is 4.76. The molecule has 0 fully saturated rings. The molecular weight excluding hydrogens is 176 g/mol. The highest BCUT2D eigenvalue weighted by atomic mass is 16.5. The van der Waals surface area contributed by atoms with Gasteiger partial charge in [0.25, 0.3) is 0 Å². The molecule has 3 heteroatoms. The van der Waals surface area contributed by atoms with E-state index < -0.39 is 0 Å². The Morgan fingerprint density at radius 1 is 1.36 bits per heavy atom. The summed E-state index contributed by atoms with van der Waals surface area (Å²) in [5, 5.41) is 3.97. The van der Waals surface area contributed by atoms with Crippen LogP contribution in [0, 0.1) is 0 Å². The van der Waals surface area contributed by atoms with E-state index in [9.17, 15) is 0 Å². The van der Waals surface area contributed by atoms with Gasteiger partial charge in [-0.05, 0) is 18.6 Å². The number of rotatable bonds is 3. The highest BCUT2D eigenvalue weighted by Gasteiger charge is 2.09. The van der Waals surface area contributed by atoms with Crippen molar-refractivity contribution in [2.75, 3.05) is 0 Å². The van der Waals surface area contributed by atoms with Crippen LogP contribution in [-0.2, 0) is 6.42 Å². The Balaban J connectivity index is 2.37. The molecule has 0 spiro atoms. The minimum atomic E-state index is 0.868. The minimum Gasteiger partial charge on any atom is -0.364 e. The number of pyridine rings is 1. The van der Waals surface area contributed by atoms with Gasteiger partial charge in [-0.3, -0.25) is 4.98 Å². The van der Waals surface area contributed by atoms with Gasteiger partial charge in [-0.2, -0.15) is 0 Å². The predicted molar refractivity (Wildman–Crippen MR) is 53.7 cm³/mol. The molecule has 0 aliphatic heterocycles. The van der Waals surface area contributed by atoms with Crippen LogP contribution in [0.15, 0.2) is 35.2 Å². The van der Waals surface area contributed by atoms with Crippen molar-refractivity contribution in [3.63, 3.8) is 0 Å². The van der Waals surface area contributed by atoms with Crippen LogP contribution in [0.5, 0.6) is 0 Å². The van der Waals surface area contributed by atoms with Gasteiger partial charge in [0.1, 0.15) is 12.0 Å². The molecule has 0 saturated heterocycles. The number of hydrogen-bond acceptors (Lipinski definition) is 3. The standard InChI is InChI=1S/C11H12N2O/c1-2-5-9-8-14-13-11(9)10-6-3-4-7-12-10/h3-4,6-8H,2,5H2,1H3. The van der Waals surface area contributed by atoms with E-state index in [4.69, 9.17) is 4.52 Å². The fraction of sp³-hybridized carbons (Fsp3) is 0.273. The van der Waals surface area contributed by atoms with Crippen LogP contribution >= 0.6 is 0 Å². The summed E-state index contributed by atoms with van der Waals surface area (Å²) in [5.74, 6) is 0. The number of nitrogens with zero attached hydrogens (tertiary/aromatic N) is 2. The monoisotopic (exact) mass is 188 g/mol. The molecule has 0 aromatic carbocycles. The van der Waals surface area contributed by atoms with Crippen LogP contribution in [0.2, 0.25) is 0 Å². The van der Waals surface area contributed by atoms with Gasteiger partial charge in [-0.1, -0.05) is 24.6 Å². The smallest absolute Gasteiger partial charge is 0.135 e. The first-order valence-corrected chi connectivity index (χ1v) is 4.76. The molecule has 0 saturated carbocycles. The lowest BCUT2D eigenvalue weighted by atomic mass is 10.1. The molecule has 0 bridgehead atoms. The van der Waals surface area contributed by atoms with Gasteiger partial charge >= 0.3 is 0 Å². The highest BCUT2D eigenvalue weighted by Crippen LogP contribution is 2.20. The molecule has 3 nitrogen and oxygen atoms in total. The highest BCUT2D eigenvalue weighted by molar-refractivity contribution is 5.57. The number of aryl methyl sites for hydroxylation is 1. The van der Waals surface area contributed by atoms with E-state index >= 15 is 0 Å². The first-order chi connectivity index (χ1) is 6.92. The summed E-state index contributed by atoms with van der Waals surface area (Å²) >= 11 is 0. The largest absolute Gasteiger partial charge is 0.364 e. The van der Waals surface area contributed by atoms with Gasteiger partial charge in [0.15, 0.2) is 0 Å². The third kappa shape index (κ3) is 1.66. The van der Waals surface area contributed by atoms with Gasteiger partial charge in [-0.15, -0.1) is 0 Å². The van der Waals surface area contributed by atoms with Crippen LogP contribution in [0.25, 0.3) is 11.4 Å². The third-order valence-corrected chi connectivity index (χ3v) is 2.07. The summed E-state index contributed by atoms with van der Waals surface area (Å²) in [6, 6.07) is 5.78. The van der Waals surface area contributed by atoms with E-state index in [1.165, 1.54) is 0 Å². The predicted octanol–water partition coefficient (Wildman–Crippen LogP) is 2.69. The Bertz CT molecular complexity index is 395. The zero-order valence-corrected chi connectivity index (χ0v) is 8.10. The fourth-order valence-corrected chi connectivity index (χ4v) is 1.42. The molecule has 0 atom stereocenters. The second-order valence-corrected chi connectivity index (χ2v) is 3.15. The van der Waals surface area contributed by atoms with Crippen molar-refractivity contribution in [2.45, 2.75) is 19.8 Å². The van der Waals surface area contributed by atoms with Crippen molar-refractivity contribution < 1.29 is 4.52 Å². The summed E-state index contributed by atoms with van der Waals surface area (Å²) in [5.41, 5.74) is 2.88. The van der Waals surface area contributed by atoms with Crippen molar-refractivity contribution in [1.82, 2.24) is 10.1 Å². The van der Waals surface area contributed by atoms with E-state index in [0.717, 1.165) is 29.8 Å². The maximum absolute atomic E-state index is 4.96. The molecule has 2 aromatic heterocycles. The Kier molecular flexibility index (Phi) is 2.58. The summed E-state index contributed by atoms with van der Waals surface area (Å²) in [6.45, 7) is 2.13. The van der Waals surface area contributed by atoms with Gasteiger partial charge in [0, 0.05) is 11.8 Å². The summed E-state index contributed by atoms with van der Waals surface area (Å²) in [4.78, 5) is 4.24. The van der Waals surface area contributed by atoms with Crippen molar-refractivity contribution in [2.24, 2.45) is 0 Å². The second kappa shape index (κ2) is 4.05. The van der Waals surface area contributed by atoms with Gasteiger partial charge in [0.05, 0.1) is 5.69 Å². The maximum atomic E-state index is 4.96. The van der Waals surface area contributed by atoms with Crippen molar-refractivity contribution in [1.29, 1.82) is 0 Å². The summed E-state index contributed by atoms with van der Waals surface area (Å²) in [7, 11) is 0. The van der Waals surface area contributed by atoms with E-state index in [0.29, 0.717) is 0 Å². The Labute approximate surface area is 82.8 Å². The SMILES string of the molecule is CCCc1conc1-c1ccccn1. The topological polar surface area (TPSA) is 38.9 Å². The normalized spacial score (nSPS) is 10.4. The van der Waals surface area contributed by atoms with Crippen LogP contribution in [-0.4, -0.2) is 10.1 Å². The second-order valence-electron chi connectivity index (χ2n) is 3.15. The molecule has 0 aliphatic carbocycles. The molecule has 0 radical (unpaired) electrons. The first kappa shape index (κ1) is 8.94. The molecule has 14 heavy (non-hydrogen) atoms. The Morgan fingerprint density at radius 3 is 3.00 bits per heavy atom. The lowest BCUT2D eigenvalue weighted by molar-refractivity contribution is 0.421. The van der Waals surface area contributed by atoms with Crippen molar-refractivity contribution in [3.05, 3.63) is 36.2 Å². The fourth-order valence-electron chi connectivity index (χ4n) is 1.42. The lowest BCUT2D eigenvalue weighted by Crippen LogP contribution is -1.88. The molecule has 2 rings (SSSR count). The average Bonchev–Trinajstić information content (AvgIpc) is 2.68. The molecule has 0 amide bonds. The van der Waals surface area contributed by atoms with Gasteiger partial charge in [0.2, 0.25) is 0 Å². The number of aromatic nitrogens is 2. The van der Waals surface area contributed by atoms with E-state index in [1.54, 1.807) is 12.5 Å². The van der Waals surface area contributed by atoms with Gasteiger partial charge in [-0.25, -0.2) is 0 Å². The molecule has 0 aliphatic rings. The zero-order chi connectivity index (χ0) is 9.80. The Morgan fingerprint density at radius 2 is 2.29 bits per heavy atom. The quantitative estimate of drug-likeness (QED) is 0.743. The van der Waals surface area contributed by atoms with Crippen LogP contribution in [0.3, 0.4) is 0 Å². The summed E-state index contributed by atoms with van der Waals surface area (Å²) < 4.78 is 4.96. The van der Waals surface area contributed by atoms with E-state index in [1.807, 2.05) is 18.2 Å². The van der Waals surface area contributed by atoms with E-state index in [2.05, 4.69) is 17.1 Å². The van der Waals surface area contributed by atoms with Gasteiger partial charge < -0.3 is 4.52 Å². The molecule has 0 unspecified atom stereocenters. The zero-order valence-electron chi connectivity index (χ0n) is 8.10. The molecule has 2 aromatic rings. The van der Waals surface area contributed by atoms with Crippen LogP contribution in [0.1, 0.15) is 18.9 Å². The molecule has 0 N–H and O–H groups in total. The van der Waals surface area contributed by atoms with Crippen LogP contribution in [0.4, 0.5) is 0 Å². The molecule has 2 heterocycles.